The highest BCUT2D eigenvalue weighted by molar-refractivity contribution is 7.89. The van der Waals surface area contributed by atoms with E-state index in [4.69, 9.17) is 4.74 Å². The van der Waals surface area contributed by atoms with Crippen LogP contribution in [0.5, 0.6) is 0 Å². The predicted octanol–water partition coefficient (Wildman–Crippen LogP) is 3.59. The highest BCUT2D eigenvalue weighted by Gasteiger charge is 2.33. The summed E-state index contributed by atoms with van der Waals surface area (Å²) < 4.78 is 74.2. The highest BCUT2D eigenvalue weighted by atomic mass is 32.2. The topological polar surface area (TPSA) is 55.8 Å². The first-order valence-electron chi connectivity index (χ1n) is 11.1. The Labute approximate surface area is 204 Å². The molecule has 2 aliphatic rings. The molecular formula is C25H24F4N2O3S. The van der Waals surface area contributed by atoms with Crippen LogP contribution in [0.25, 0.3) is 12.2 Å². The lowest BCUT2D eigenvalue weighted by atomic mass is 9.95. The maximum atomic E-state index is 13.7. The fraction of sp³-hybridized carbons (Fsp3) is 0.320. The highest BCUT2D eigenvalue weighted by Crippen LogP contribution is 2.25. The number of ketones is 1. The summed E-state index contributed by atoms with van der Waals surface area (Å²) in [7, 11) is 0. The molecule has 5 nitrogen and oxygen atoms in total. The SMILES string of the molecule is O=C1/C(=C/c2ccc(F)c(F)c2)CN([S+]([O-])CCN2CCOCC2)C/C1=C\c1ccc(F)c(F)c1. The third-order valence-electron chi connectivity index (χ3n) is 5.82. The molecule has 2 aromatic carbocycles. The van der Waals surface area contributed by atoms with Gasteiger partial charge in [0.05, 0.1) is 26.3 Å². The molecule has 2 fully saturated rings. The molecular weight excluding hydrogens is 484 g/mol. The van der Waals surface area contributed by atoms with E-state index in [9.17, 15) is 26.9 Å². The molecule has 0 aliphatic carbocycles. The molecule has 0 spiro atoms. The number of rotatable bonds is 6. The van der Waals surface area contributed by atoms with Gasteiger partial charge in [-0.05, 0) is 47.5 Å². The van der Waals surface area contributed by atoms with E-state index in [1.807, 2.05) is 0 Å². The van der Waals surface area contributed by atoms with Gasteiger partial charge >= 0.3 is 0 Å². The smallest absolute Gasteiger partial charge is 0.187 e. The Morgan fingerprint density at radius 2 is 1.37 bits per heavy atom. The molecule has 0 aromatic heterocycles. The van der Waals surface area contributed by atoms with Gasteiger partial charge in [-0.15, -0.1) is 4.31 Å². The van der Waals surface area contributed by atoms with Gasteiger partial charge in [-0.1, -0.05) is 12.1 Å². The van der Waals surface area contributed by atoms with Crippen molar-refractivity contribution >= 4 is 29.3 Å². The Balaban J connectivity index is 1.60. The van der Waals surface area contributed by atoms with Gasteiger partial charge in [0.25, 0.3) is 0 Å². The number of carbonyl (C=O) groups is 1. The Morgan fingerprint density at radius 3 is 1.86 bits per heavy atom. The van der Waals surface area contributed by atoms with Gasteiger partial charge in [0.15, 0.2) is 29.1 Å². The number of halogens is 4. The number of benzene rings is 2. The molecule has 2 aliphatic heterocycles. The summed E-state index contributed by atoms with van der Waals surface area (Å²) in [5.41, 5.74) is 1.02. The van der Waals surface area contributed by atoms with Crippen LogP contribution < -0.4 is 0 Å². The van der Waals surface area contributed by atoms with E-state index in [1.54, 1.807) is 4.31 Å². The molecule has 0 bridgehead atoms. The molecule has 0 radical (unpaired) electrons. The zero-order chi connectivity index (χ0) is 24.9. The largest absolute Gasteiger partial charge is 0.598 e. The lowest BCUT2D eigenvalue weighted by Gasteiger charge is -2.32. The zero-order valence-electron chi connectivity index (χ0n) is 18.8. The molecule has 35 heavy (non-hydrogen) atoms. The van der Waals surface area contributed by atoms with Crippen molar-refractivity contribution < 1.29 is 31.6 Å². The molecule has 0 saturated carbocycles. The van der Waals surface area contributed by atoms with Crippen molar-refractivity contribution in [2.75, 3.05) is 51.7 Å². The fourth-order valence-corrected chi connectivity index (χ4v) is 5.16. The van der Waals surface area contributed by atoms with Crippen molar-refractivity contribution in [3.8, 4) is 0 Å². The van der Waals surface area contributed by atoms with Crippen molar-refractivity contribution in [1.29, 1.82) is 0 Å². The van der Waals surface area contributed by atoms with Crippen molar-refractivity contribution in [2.24, 2.45) is 0 Å². The summed E-state index contributed by atoms with van der Waals surface area (Å²) in [5.74, 6) is -4.16. The minimum Gasteiger partial charge on any atom is -0.598 e. The van der Waals surface area contributed by atoms with E-state index in [1.165, 1.54) is 24.3 Å². The summed E-state index contributed by atoms with van der Waals surface area (Å²) in [6.07, 6.45) is 2.85. The quantitative estimate of drug-likeness (QED) is 0.339. The van der Waals surface area contributed by atoms with Gasteiger partial charge in [-0.2, -0.15) is 0 Å². The Hall–Kier alpha value is -2.50. The second-order valence-electron chi connectivity index (χ2n) is 8.29. The van der Waals surface area contributed by atoms with Crippen molar-refractivity contribution in [3.05, 3.63) is 81.9 Å². The molecule has 0 N–H and O–H groups in total. The van der Waals surface area contributed by atoms with E-state index < -0.39 is 34.6 Å². The number of hydrogen-bond acceptors (Lipinski definition) is 5. The van der Waals surface area contributed by atoms with E-state index in [-0.39, 0.29) is 41.1 Å². The van der Waals surface area contributed by atoms with Crippen LogP contribution in [-0.2, 0) is 20.9 Å². The molecule has 10 heteroatoms. The average molecular weight is 509 g/mol. The van der Waals surface area contributed by atoms with Crippen LogP contribution in [0.3, 0.4) is 0 Å². The molecule has 186 valence electrons. The van der Waals surface area contributed by atoms with Gasteiger partial charge in [-0.3, -0.25) is 9.69 Å². The number of morpholine rings is 1. The molecule has 2 aromatic rings. The number of piperidine rings is 1. The fourth-order valence-electron chi connectivity index (χ4n) is 3.92. The monoisotopic (exact) mass is 508 g/mol. The molecule has 2 heterocycles. The van der Waals surface area contributed by atoms with Crippen LogP contribution in [0.15, 0.2) is 47.5 Å². The van der Waals surface area contributed by atoms with Crippen LogP contribution in [0.2, 0.25) is 0 Å². The summed E-state index contributed by atoms with van der Waals surface area (Å²) >= 11 is -1.45. The van der Waals surface area contributed by atoms with Gasteiger partial charge < -0.3 is 9.29 Å². The van der Waals surface area contributed by atoms with Gasteiger partial charge in [0.2, 0.25) is 0 Å². The molecule has 1 unspecified atom stereocenters. The molecule has 1 atom stereocenters. The van der Waals surface area contributed by atoms with Crippen molar-refractivity contribution in [3.63, 3.8) is 0 Å². The number of Topliss-reactive ketones (excluding diaryl/α,β-unsaturated/α-hetero) is 1. The number of ether oxygens (including phenoxy) is 1. The summed E-state index contributed by atoms with van der Waals surface area (Å²) in [6.45, 7) is 3.41. The van der Waals surface area contributed by atoms with Gasteiger partial charge in [0.1, 0.15) is 5.75 Å². The first-order valence-corrected chi connectivity index (χ1v) is 12.4. The maximum Gasteiger partial charge on any atom is 0.187 e. The van der Waals surface area contributed by atoms with Gasteiger partial charge in [0, 0.05) is 42.1 Å². The number of nitrogens with zero attached hydrogens (tertiary/aromatic N) is 2. The first-order chi connectivity index (χ1) is 16.8. The van der Waals surface area contributed by atoms with Crippen LogP contribution in [0.1, 0.15) is 11.1 Å². The Kier molecular flexibility index (Phi) is 8.40. The third kappa shape index (κ3) is 6.59. The summed E-state index contributed by atoms with van der Waals surface area (Å²) in [5, 5.41) is 0. The number of carbonyl (C=O) groups excluding carboxylic acids is 1. The first kappa shape index (κ1) is 25.6. The standard InChI is InChI=1S/C25H24F4N2O3S/c26-21-3-1-17(13-23(21)28)11-19-15-31(35(33)10-7-30-5-8-34-9-6-30)16-20(25(19)32)12-18-2-4-22(27)24(29)14-18/h1-4,11-14H,5-10,15-16H2/b19-11+,20-12+. The van der Waals surface area contributed by atoms with Crippen LogP contribution >= 0.6 is 0 Å². The third-order valence-corrected chi connectivity index (χ3v) is 7.19. The maximum absolute atomic E-state index is 13.7. The average Bonchev–Trinajstić information content (AvgIpc) is 2.85. The van der Waals surface area contributed by atoms with E-state index >= 15 is 0 Å². The predicted molar refractivity (Wildman–Crippen MR) is 126 cm³/mol. The van der Waals surface area contributed by atoms with E-state index in [0.29, 0.717) is 25.5 Å². The molecule has 0 amide bonds. The van der Waals surface area contributed by atoms with E-state index in [2.05, 4.69) is 4.90 Å². The zero-order valence-corrected chi connectivity index (χ0v) is 19.6. The van der Waals surface area contributed by atoms with Crippen LogP contribution in [-0.4, -0.2) is 71.2 Å². The summed E-state index contributed by atoms with van der Waals surface area (Å²) in [6, 6.07) is 6.56. The lowest BCUT2D eigenvalue weighted by Crippen LogP contribution is -2.45. The van der Waals surface area contributed by atoms with Gasteiger partial charge in [-0.25, -0.2) is 17.6 Å². The molecule has 2 saturated heterocycles. The minimum absolute atomic E-state index is 0.0443. The van der Waals surface area contributed by atoms with Crippen LogP contribution in [0.4, 0.5) is 17.6 Å². The summed E-state index contributed by atoms with van der Waals surface area (Å²) in [4.78, 5) is 15.3. The number of hydrogen-bond donors (Lipinski definition) is 0. The second-order valence-corrected chi connectivity index (χ2v) is 9.86. The second kappa shape index (κ2) is 11.5. The normalized spacial score (nSPS) is 21.1. The van der Waals surface area contributed by atoms with Crippen LogP contribution in [0, 0.1) is 23.3 Å². The Morgan fingerprint density at radius 1 is 0.857 bits per heavy atom. The Bertz CT molecular complexity index is 1080. The lowest BCUT2D eigenvalue weighted by molar-refractivity contribution is -0.113. The van der Waals surface area contributed by atoms with Crippen molar-refractivity contribution in [2.45, 2.75) is 0 Å². The van der Waals surface area contributed by atoms with Crippen molar-refractivity contribution in [1.82, 2.24) is 9.21 Å². The molecule has 4 rings (SSSR count). The minimum atomic E-state index is -1.45. The van der Waals surface area contributed by atoms with E-state index in [0.717, 1.165) is 37.4 Å².